The first-order chi connectivity index (χ1) is 9.28. The predicted octanol–water partition coefficient (Wildman–Crippen LogP) is 2.50. The fourth-order valence-corrected chi connectivity index (χ4v) is 2.11. The second-order valence-electron chi connectivity index (χ2n) is 4.53. The van der Waals surface area contributed by atoms with Crippen LogP contribution in [0, 0.1) is 0 Å². The van der Waals surface area contributed by atoms with Crippen LogP contribution in [0.1, 0.15) is 37.9 Å². The van der Waals surface area contributed by atoms with E-state index < -0.39 is 0 Å². The van der Waals surface area contributed by atoms with Crippen LogP contribution in [0.25, 0.3) is 5.82 Å². The van der Waals surface area contributed by atoms with E-state index in [9.17, 15) is 0 Å². The molecule has 4 heteroatoms. The highest BCUT2D eigenvalue weighted by Crippen LogP contribution is 2.13. The van der Waals surface area contributed by atoms with Gasteiger partial charge in [-0.15, -0.1) is 0 Å². The molecule has 0 aliphatic heterocycles. The van der Waals surface area contributed by atoms with E-state index in [0.717, 1.165) is 43.3 Å². The zero-order chi connectivity index (χ0) is 13.7. The largest absolute Gasteiger partial charge is 0.313 e. The Bertz CT molecular complexity index is 531. The molecule has 0 unspecified atom stereocenters. The Morgan fingerprint density at radius 2 is 2.00 bits per heavy atom. The second kappa shape index (κ2) is 6.48. The first kappa shape index (κ1) is 13.7. The minimum absolute atomic E-state index is 0.884. The molecule has 102 valence electrons. The number of rotatable bonds is 6. The fourth-order valence-electron chi connectivity index (χ4n) is 2.11. The third kappa shape index (κ3) is 3.20. The summed E-state index contributed by atoms with van der Waals surface area (Å²) in [6.07, 6.45) is 5.68. The Morgan fingerprint density at radius 3 is 2.68 bits per heavy atom. The number of imidazole rings is 1. The lowest BCUT2D eigenvalue weighted by atomic mass is 10.2. The highest BCUT2D eigenvalue weighted by Gasteiger charge is 2.07. The van der Waals surface area contributed by atoms with Crippen LogP contribution in [-0.4, -0.2) is 21.1 Å². The van der Waals surface area contributed by atoms with Gasteiger partial charge in [-0.05, 0) is 30.7 Å². The van der Waals surface area contributed by atoms with Crippen molar-refractivity contribution in [2.24, 2.45) is 0 Å². The van der Waals surface area contributed by atoms with E-state index in [1.165, 1.54) is 5.56 Å². The monoisotopic (exact) mass is 258 g/mol. The second-order valence-corrected chi connectivity index (χ2v) is 4.53. The van der Waals surface area contributed by atoms with Crippen molar-refractivity contribution in [1.29, 1.82) is 0 Å². The molecule has 0 fully saturated rings. The van der Waals surface area contributed by atoms with E-state index in [1.54, 1.807) is 0 Å². The summed E-state index contributed by atoms with van der Waals surface area (Å²) in [5.41, 5.74) is 2.40. The van der Waals surface area contributed by atoms with Gasteiger partial charge in [-0.3, -0.25) is 4.57 Å². The van der Waals surface area contributed by atoms with Crippen molar-refractivity contribution in [3.8, 4) is 5.82 Å². The SMILES string of the molecule is CCNCc1cc(CC)nc(-n2ccnc2CC)c1. The van der Waals surface area contributed by atoms with Crippen molar-refractivity contribution >= 4 is 0 Å². The van der Waals surface area contributed by atoms with Crippen LogP contribution in [0.15, 0.2) is 24.5 Å². The van der Waals surface area contributed by atoms with E-state index in [1.807, 2.05) is 12.4 Å². The summed E-state index contributed by atoms with van der Waals surface area (Å²) >= 11 is 0. The molecule has 0 aliphatic carbocycles. The number of nitrogens with one attached hydrogen (secondary N) is 1. The standard InChI is InChI=1S/C15H22N4/c1-4-13-9-12(11-16-6-3)10-15(18-13)19-8-7-17-14(19)5-2/h7-10,16H,4-6,11H2,1-3H3. The van der Waals surface area contributed by atoms with Crippen molar-refractivity contribution < 1.29 is 0 Å². The summed E-state index contributed by atoms with van der Waals surface area (Å²) in [7, 11) is 0. The quantitative estimate of drug-likeness (QED) is 0.865. The van der Waals surface area contributed by atoms with Crippen LogP contribution >= 0.6 is 0 Å². The van der Waals surface area contributed by atoms with Crippen molar-refractivity contribution in [3.63, 3.8) is 0 Å². The average molecular weight is 258 g/mol. The molecule has 1 N–H and O–H groups in total. The molecule has 2 aromatic rings. The molecular weight excluding hydrogens is 236 g/mol. The molecule has 2 rings (SSSR count). The Hall–Kier alpha value is -1.68. The fraction of sp³-hybridized carbons (Fsp3) is 0.467. The molecular formula is C15H22N4. The van der Waals surface area contributed by atoms with Crippen LogP contribution < -0.4 is 5.32 Å². The van der Waals surface area contributed by atoms with E-state index in [4.69, 9.17) is 4.98 Å². The molecule has 19 heavy (non-hydrogen) atoms. The summed E-state index contributed by atoms with van der Waals surface area (Å²) in [6.45, 7) is 8.23. The summed E-state index contributed by atoms with van der Waals surface area (Å²) in [5.74, 6) is 2.02. The lowest BCUT2D eigenvalue weighted by molar-refractivity contribution is 0.722. The number of pyridine rings is 1. The normalized spacial score (nSPS) is 10.9. The van der Waals surface area contributed by atoms with Gasteiger partial charge in [-0.2, -0.15) is 0 Å². The summed E-state index contributed by atoms with van der Waals surface area (Å²) in [6, 6.07) is 4.32. The van der Waals surface area contributed by atoms with Crippen molar-refractivity contribution in [2.75, 3.05) is 6.54 Å². The zero-order valence-electron chi connectivity index (χ0n) is 12.0. The van der Waals surface area contributed by atoms with Gasteiger partial charge in [0.15, 0.2) is 0 Å². The van der Waals surface area contributed by atoms with Crippen LogP contribution in [0.2, 0.25) is 0 Å². The molecule has 0 aliphatic rings. The maximum Gasteiger partial charge on any atom is 0.138 e. The van der Waals surface area contributed by atoms with Gasteiger partial charge in [0.25, 0.3) is 0 Å². The molecule has 0 saturated carbocycles. The lowest BCUT2D eigenvalue weighted by Crippen LogP contribution is -2.13. The molecule has 2 aromatic heterocycles. The first-order valence-corrected chi connectivity index (χ1v) is 7.01. The molecule has 2 heterocycles. The maximum absolute atomic E-state index is 4.71. The Morgan fingerprint density at radius 1 is 1.16 bits per heavy atom. The van der Waals surface area contributed by atoms with E-state index >= 15 is 0 Å². The predicted molar refractivity (Wildman–Crippen MR) is 77.5 cm³/mol. The molecule has 0 bridgehead atoms. The van der Waals surface area contributed by atoms with E-state index in [-0.39, 0.29) is 0 Å². The number of aryl methyl sites for hydroxylation is 2. The van der Waals surface area contributed by atoms with E-state index in [0.29, 0.717) is 0 Å². The maximum atomic E-state index is 4.71. The molecule has 0 radical (unpaired) electrons. The number of hydrogen-bond acceptors (Lipinski definition) is 3. The van der Waals surface area contributed by atoms with Crippen LogP contribution in [0.5, 0.6) is 0 Å². The van der Waals surface area contributed by atoms with Gasteiger partial charge in [0.1, 0.15) is 11.6 Å². The highest BCUT2D eigenvalue weighted by atomic mass is 15.1. The minimum Gasteiger partial charge on any atom is -0.313 e. The van der Waals surface area contributed by atoms with Gasteiger partial charge < -0.3 is 5.32 Å². The number of hydrogen-bond donors (Lipinski definition) is 1. The smallest absolute Gasteiger partial charge is 0.138 e. The number of nitrogens with zero attached hydrogens (tertiary/aromatic N) is 3. The van der Waals surface area contributed by atoms with E-state index in [2.05, 4.69) is 47.8 Å². The first-order valence-electron chi connectivity index (χ1n) is 7.01. The topological polar surface area (TPSA) is 42.7 Å². The molecule has 0 atom stereocenters. The molecule has 0 aromatic carbocycles. The van der Waals surface area contributed by atoms with Gasteiger partial charge >= 0.3 is 0 Å². The van der Waals surface area contributed by atoms with Crippen molar-refractivity contribution in [1.82, 2.24) is 19.9 Å². The van der Waals surface area contributed by atoms with Gasteiger partial charge in [-0.25, -0.2) is 9.97 Å². The Labute approximate surface area is 114 Å². The summed E-state index contributed by atoms with van der Waals surface area (Å²) in [4.78, 5) is 9.07. The number of aromatic nitrogens is 3. The zero-order valence-corrected chi connectivity index (χ0v) is 12.0. The summed E-state index contributed by atoms with van der Waals surface area (Å²) < 4.78 is 2.08. The van der Waals surface area contributed by atoms with Crippen molar-refractivity contribution in [3.05, 3.63) is 41.6 Å². The average Bonchev–Trinajstić information content (AvgIpc) is 2.93. The third-order valence-corrected chi connectivity index (χ3v) is 3.15. The molecule has 4 nitrogen and oxygen atoms in total. The van der Waals surface area contributed by atoms with Crippen LogP contribution in [-0.2, 0) is 19.4 Å². The van der Waals surface area contributed by atoms with Crippen molar-refractivity contribution in [2.45, 2.75) is 40.2 Å². The minimum atomic E-state index is 0.884. The van der Waals surface area contributed by atoms with Gasteiger partial charge in [-0.1, -0.05) is 20.8 Å². The van der Waals surface area contributed by atoms with Gasteiger partial charge in [0.05, 0.1) is 0 Å². The Kier molecular flexibility index (Phi) is 4.68. The van der Waals surface area contributed by atoms with Gasteiger partial charge in [0, 0.05) is 31.1 Å². The Balaban J connectivity index is 2.38. The third-order valence-electron chi connectivity index (χ3n) is 3.15. The molecule has 0 saturated heterocycles. The lowest BCUT2D eigenvalue weighted by Gasteiger charge is -2.11. The summed E-state index contributed by atoms with van der Waals surface area (Å²) in [5, 5.41) is 3.36. The molecule has 0 spiro atoms. The van der Waals surface area contributed by atoms with Crippen LogP contribution in [0.3, 0.4) is 0 Å². The van der Waals surface area contributed by atoms with Crippen LogP contribution in [0.4, 0.5) is 0 Å². The molecule has 0 amide bonds. The van der Waals surface area contributed by atoms with Gasteiger partial charge in [0.2, 0.25) is 0 Å². The highest BCUT2D eigenvalue weighted by molar-refractivity contribution is 5.32.